The van der Waals surface area contributed by atoms with Gasteiger partial charge < -0.3 is 16.8 Å². The van der Waals surface area contributed by atoms with Crippen LogP contribution in [0.15, 0.2) is 54.7 Å². The van der Waals surface area contributed by atoms with Crippen molar-refractivity contribution in [3.05, 3.63) is 60.3 Å². The summed E-state index contributed by atoms with van der Waals surface area (Å²) in [6.45, 7) is 0. The predicted octanol–water partition coefficient (Wildman–Crippen LogP) is 2.65. The molecule has 104 valence electrons. The number of benzene rings is 2. The molecule has 2 aromatic carbocycles. The number of carbonyl (C=O) groups is 1. The third-order valence-electron chi connectivity index (χ3n) is 3.09. The molecule has 0 atom stereocenters. The van der Waals surface area contributed by atoms with E-state index in [4.69, 9.17) is 11.5 Å². The Morgan fingerprint density at radius 2 is 1.71 bits per heavy atom. The zero-order valence-corrected chi connectivity index (χ0v) is 11.2. The number of para-hydroxylation sites is 1. The lowest BCUT2D eigenvalue weighted by Gasteiger charge is -2.07. The lowest BCUT2D eigenvalue weighted by molar-refractivity contribution is 0.102. The highest BCUT2D eigenvalue weighted by Gasteiger charge is 2.08. The van der Waals surface area contributed by atoms with Gasteiger partial charge in [-0.3, -0.25) is 9.78 Å². The van der Waals surface area contributed by atoms with Gasteiger partial charge >= 0.3 is 0 Å². The summed E-state index contributed by atoms with van der Waals surface area (Å²) in [5.74, 6) is -0.272. The number of hydrogen-bond acceptors (Lipinski definition) is 4. The SMILES string of the molecule is Nc1cc(N)cc(C(=O)Nc2cnc3ccccc3c2)c1. The molecule has 0 saturated carbocycles. The van der Waals surface area contributed by atoms with E-state index in [2.05, 4.69) is 10.3 Å². The van der Waals surface area contributed by atoms with E-state index in [1.54, 1.807) is 24.4 Å². The van der Waals surface area contributed by atoms with E-state index in [-0.39, 0.29) is 5.91 Å². The number of nitrogens with one attached hydrogen (secondary N) is 1. The summed E-state index contributed by atoms with van der Waals surface area (Å²) in [6.07, 6.45) is 1.62. The molecule has 0 fully saturated rings. The summed E-state index contributed by atoms with van der Waals surface area (Å²) >= 11 is 0. The Balaban J connectivity index is 1.88. The molecule has 0 bridgehead atoms. The van der Waals surface area contributed by atoms with Crippen molar-refractivity contribution in [2.45, 2.75) is 0 Å². The van der Waals surface area contributed by atoms with Crippen LogP contribution in [0.2, 0.25) is 0 Å². The minimum Gasteiger partial charge on any atom is -0.399 e. The Hall–Kier alpha value is -3.08. The summed E-state index contributed by atoms with van der Waals surface area (Å²) in [5.41, 5.74) is 14.2. The molecule has 0 saturated heterocycles. The van der Waals surface area contributed by atoms with Gasteiger partial charge in [-0.1, -0.05) is 18.2 Å². The van der Waals surface area contributed by atoms with Crippen molar-refractivity contribution < 1.29 is 4.79 Å². The summed E-state index contributed by atoms with van der Waals surface area (Å²) in [6, 6.07) is 14.3. The lowest BCUT2D eigenvalue weighted by atomic mass is 10.1. The first-order chi connectivity index (χ1) is 10.1. The molecule has 0 spiro atoms. The van der Waals surface area contributed by atoms with Gasteiger partial charge in [0.05, 0.1) is 17.4 Å². The molecule has 0 aliphatic carbocycles. The van der Waals surface area contributed by atoms with E-state index in [1.165, 1.54) is 0 Å². The van der Waals surface area contributed by atoms with Crippen LogP contribution in [0.4, 0.5) is 17.1 Å². The van der Waals surface area contributed by atoms with Crippen molar-refractivity contribution in [3.8, 4) is 0 Å². The molecule has 5 N–H and O–H groups in total. The number of anilines is 3. The van der Waals surface area contributed by atoms with Gasteiger partial charge in [0, 0.05) is 22.3 Å². The second-order valence-corrected chi connectivity index (χ2v) is 4.76. The van der Waals surface area contributed by atoms with E-state index in [0.29, 0.717) is 22.6 Å². The second kappa shape index (κ2) is 5.13. The fourth-order valence-corrected chi connectivity index (χ4v) is 2.15. The summed E-state index contributed by atoms with van der Waals surface area (Å²) in [5, 5.41) is 3.75. The Morgan fingerprint density at radius 3 is 2.48 bits per heavy atom. The standard InChI is InChI=1S/C16H14N4O/c17-12-5-11(6-13(18)8-12)16(21)20-14-7-10-3-1-2-4-15(10)19-9-14/h1-9H,17-18H2,(H,20,21). The van der Waals surface area contributed by atoms with Gasteiger partial charge in [0.2, 0.25) is 0 Å². The van der Waals surface area contributed by atoms with Crippen LogP contribution in [0.3, 0.4) is 0 Å². The average Bonchev–Trinajstić information content (AvgIpc) is 2.46. The maximum atomic E-state index is 12.2. The molecule has 21 heavy (non-hydrogen) atoms. The number of nitrogen functional groups attached to an aromatic ring is 2. The van der Waals surface area contributed by atoms with Crippen LogP contribution in [0.1, 0.15) is 10.4 Å². The van der Waals surface area contributed by atoms with Gasteiger partial charge in [0.25, 0.3) is 5.91 Å². The number of amides is 1. The van der Waals surface area contributed by atoms with Gasteiger partial charge in [-0.05, 0) is 30.3 Å². The largest absolute Gasteiger partial charge is 0.399 e. The highest BCUT2D eigenvalue weighted by Crippen LogP contribution is 2.18. The summed E-state index contributed by atoms with van der Waals surface area (Å²) in [7, 11) is 0. The number of aromatic nitrogens is 1. The molecule has 5 nitrogen and oxygen atoms in total. The van der Waals surface area contributed by atoms with Crippen molar-refractivity contribution in [2.24, 2.45) is 0 Å². The lowest BCUT2D eigenvalue weighted by Crippen LogP contribution is -2.12. The first-order valence-electron chi connectivity index (χ1n) is 6.44. The minimum atomic E-state index is -0.272. The quantitative estimate of drug-likeness (QED) is 0.628. The van der Waals surface area contributed by atoms with Crippen LogP contribution >= 0.6 is 0 Å². The molecule has 0 aliphatic rings. The number of rotatable bonds is 2. The molecule has 1 heterocycles. The van der Waals surface area contributed by atoms with E-state index < -0.39 is 0 Å². The first-order valence-corrected chi connectivity index (χ1v) is 6.44. The molecule has 0 radical (unpaired) electrons. The number of nitrogens with zero attached hydrogens (tertiary/aromatic N) is 1. The summed E-state index contributed by atoms with van der Waals surface area (Å²) in [4.78, 5) is 16.5. The van der Waals surface area contributed by atoms with E-state index in [0.717, 1.165) is 10.9 Å². The topological polar surface area (TPSA) is 94.0 Å². The Morgan fingerprint density at radius 1 is 1.00 bits per heavy atom. The molecule has 3 aromatic rings. The van der Waals surface area contributed by atoms with Crippen LogP contribution < -0.4 is 16.8 Å². The molecule has 1 amide bonds. The fourth-order valence-electron chi connectivity index (χ4n) is 2.15. The first kappa shape index (κ1) is 12.9. The van der Waals surface area contributed by atoms with Gasteiger partial charge in [-0.15, -0.1) is 0 Å². The minimum absolute atomic E-state index is 0.272. The average molecular weight is 278 g/mol. The second-order valence-electron chi connectivity index (χ2n) is 4.76. The third kappa shape index (κ3) is 2.76. The molecule has 0 aliphatic heterocycles. The fraction of sp³-hybridized carbons (Fsp3) is 0. The Kier molecular flexibility index (Phi) is 3.16. The number of pyridine rings is 1. The number of carbonyl (C=O) groups excluding carboxylic acids is 1. The number of nitrogens with two attached hydrogens (primary N) is 2. The Labute approximate surface area is 121 Å². The van der Waals surface area contributed by atoms with Crippen molar-refractivity contribution >= 4 is 33.9 Å². The third-order valence-corrected chi connectivity index (χ3v) is 3.09. The summed E-state index contributed by atoms with van der Waals surface area (Å²) < 4.78 is 0. The van der Waals surface area contributed by atoms with Crippen molar-refractivity contribution in [1.82, 2.24) is 4.98 Å². The van der Waals surface area contributed by atoms with E-state index in [9.17, 15) is 4.79 Å². The van der Waals surface area contributed by atoms with Crippen molar-refractivity contribution in [3.63, 3.8) is 0 Å². The van der Waals surface area contributed by atoms with E-state index >= 15 is 0 Å². The van der Waals surface area contributed by atoms with Gasteiger partial charge in [0.1, 0.15) is 0 Å². The smallest absolute Gasteiger partial charge is 0.255 e. The monoisotopic (exact) mass is 278 g/mol. The Bertz CT molecular complexity index is 809. The van der Waals surface area contributed by atoms with E-state index in [1.807, 2.05) is 30.3 Å². The zero-order chi connectivity index (χ0) is 14.8. The molecule has 1 aromatic heterocycles. The molecular formula is C16H14N4O. The zero-order valence-electron chi connectivity index (χ0n) is 11.2. The van der Waals surface area contributed by atoms with Crippen LogP contribution in [0.5, 0.6) is 0 Å². The molecule has 3 rings (SSSR count). The van der Waals surface area contributed by atoms with Crippen LogP contribution in [-0.2, 0) is 0 Å². The van der Waals surface area contributed by atoms with Gasteiger partial charge in [-0.25, -0.2) is 0 Å². The number of fused-ring (bicyclic) bond motifs is 1. The van der Waals surface area contributed by atoms with Crippen molar-refractivity contribution in [2.75, 3.05) is 16.8 Å². The van der Waals surface area contributed by atoms with Gasteiger partial charge in [-0.2, -0.15) is 0 Å². The normalized spacial score (nSPS) is 10.5. The van der Waals surface area contributed by atoms with Gasteiger partial charge in [0.15, 0.2) is 0 Å². The molecular weight excluding hydrogens is 264 g/mol. The highest BCUT2D eigenvalue weighted by atomic mass is 16.1. The van der Waals surface area contributed by atoms with Crippen LogP contribution in [0, 0.1) is 0 Å². The van der Waals surface area contributed by atoms with Crippen LogP contribution in [0.25, 0.3) is 10.9 Å². The maximum Gasteiger partial charge on any atom is 0.255 e. The van der Waals surface area contributed by atoms with Crippen LogP contribution in [-0.4, -0.2) is 10.9 Å². The van der Waals surface area contributed by atoms with Crippen molar-refractivity contribution in [1.29, 1.82) is 0 Å². The number of hydrogen-bond donors (Lipinski definition) is 3. The maximum absolute atomic E-state index is 12.2. The predicted molar refractivity (Wildman–Crippen MR) is 85.0 cm³/mol. The molecule has 5 heteroatoms. The molecule has 0 unspecified atom stereocenters. The highest BCUT2D eigenvalue weighted by molar-refractivity contribution is 6.06.